The quantitative estimate of drug-likeness (QED) is 0.0894. The number of anilines is 2. The molecule has 0 aromatic heterocycles. The van der Waals surface area contributed by atoms with Crippen LogP contribution in [0.1, 0.15) is 87.2 Å². The van der Waals surface area contributed by atoms with E-state index >= 15 is 0 Å². The third-order valence-corrected chi connectivity index (χ3v) is 17.8. The highest BCUT2D eigenvalue weighted by molar-refractivity contribution is 8.01. The molecule has 0 bridgehead atoms. The highest BCUT2D eigenvalue weighted by Crippen LogP contribution is 2.54. The predicted molar refractivity (Wildman–Crippen MR) is 295 cm³/mol. The number of rotatable bonds is 12. The maximum absolute atomic E-state index is 14.3. The number of ether oxygens (including phenoxy) is 2. The van der Waals surface area contributed by atoms with Crippen LogP contribution in [0.15, 0.2) is 224 Å². The number of carbonyl (C=O) groups is 4. The molecule has 2 aliphatic heterocycles. The summed E-state index contributed by atoms with van der Waals surface area (Å²) in [5.41, 5.74) is 4.94. The first-order valence-electron chi connectivity index (χ1n) is 24.4. The van der Waals surface area contributed by atoms with Gasteiger partial charge in [-0.15, -0.1) is 0 Å². The van der Waals surface area contributed by atoms with E-state index < -0.39 is 18.6 Å². The Morgan fingerprint density at radius 1 is 0.370 bits per heavy atom. The van der Waals surface area contributed by atoms with Crippen molar-refractivity contribution in [2.75, 3.05) is 9.80 Å². The van der Waals surface area contributed by atoms with Crippen LogP contribution in [-0.4, -0.2) is 23.6 Å². The standard InChI is InChI=1S/C62H46N2O6P.C2H6.H/c1-41-15-13-16-44(37-41)63-58(65)54-35-33-48(39-56(54)60(63)67)69-46-29-25-42(26-30-46)62(2,3)43-27-31-47(32-28-43)70-49-34-36-55-57(40-49)61(68)64(59(55)66)45-17-14-24-53(38-45)71(50-18-7-4-8-19-50,51-20-9-5-10-21-51)52-22-11-6-12-23-52;1-2;/h4-40H,1-3H3;1-2H3;/q+1;;-1/i;;1+2. The molecule has 0 saturated carbocycles. The van der Waals surface area contributed by atoms with Gasteiger partial charge in [-0.25, -0.2) is 9.80 Å². The Hall–Kier alpha value is -8.71. The number of imide groups is 2. The van der Waals surface area contributed by atoms with Crippen molar-refractivity contribution < 1.29 is 30.1 Å². The molecule has 8 nitrogen and oxygen atoms in total. The Morgan fingerprint density at radius 2 is 0.726 bits per heavy atom. The second kappa shape index (κ2) is 19.8. The fourth-order valence-corrected chi connectivity index (χ4v) is 14.1. The fraction of sp³-hybridized carbons (Fsp3) is 0.0938. The first kappa shape index (κ1) is 47.9. The Morgan fingerprint density at radius 3 is 1.14 bits per heavy atom. The van der Waals surface area contributed by atoms with Gasteiger partial charge in [0.15, 0.2) is 0 Å². The summed E-state index contributed by atoms with van der Waals surface area (Å²) >= 11 is 0. The van der Waals surface area contributed by atoms with Crippen LogP contribution in [0.25, 0.3) is 0 Å². The van der Waals surface area contributed by atoms with E-state index in [1.807, 2.05) is 124 Å². The van der Waals surface area contributed by atoms with Crippen LogP contribution in [0, 0.1) is 6.92 Å². The predicted octanol–water partition coefficient (Wildman–Crippen LogP) is 13.3. The molecule has 0 atom stereocenters. The van der Waals surface area contributed by atoms with E-state index in [0.29, 0.717) is 51.1 Å². The minimum atomic E-state index is -2.49. The lowest BCUT2D eigenvalue weighted by Gasteiger charge is -2.28. The summed E-state index contributed by atoms with van der Waals surface area (Å²) in [5, 5.41) is 4.51. The molecule has 0 N–H and O–H groups in total. The molecular weight excluding hydrogens is 924 g/mol. The zero-order chi connectivity index (χ0) is 50.9. The first-order chi connectivity index (χ1) is 35.5. The summed E-state index contributed by atoms with van der Waals surface area (Å²) in [5.74, 6) is 0.528. The number of fused-ring (bicyclic) bond motifs is 2. The summed E-state index contributed by atoms with van der Waals surface area (Å²) < 4.78 is 12.5. The van der Waals surface area contributed by atoms with Crippen LogP contribution < -0.4 is 40.5 Å². The molecule has 4 amide bonds. The van der Waals surface area contributed by atoms with Crippen molar-refractivity contribution in [3.63, 3.8) is 0 Å². The highest BCUT2D eigenvalue weighted by Gasteiger charge is 2.49. The van der Waals surface area contributed by atoms with Crippen molar-refractivity contribution in [1.29, 1.82) is 0 Å². The third kappa shape index (κ3) is 8.70. The Balaban J connectivity index is 0.00000222. The average Bonchev–Trinajstić information content (AvgIpc) is 3.83. The van der Waals surface area contributed by atoms with E-state index in [1.165, 1.54) is 9.80 Å². The molecule has 9 heteroatoms. The average molecular weight is 979 g/mol. The molecule has 0 unspecified atom stereocenters. The molecule has 0 radical (unpaired) electrons. The molecule has 2 heterocycles. The van der Waals surface area contributed by atoms with Crippen LogP contribution in [-0.2, 0) is 5.41 Å². The van der Waals surface area contributed by atoms with Crippen molar-refractivity contribution in [3.8, 4) is 23.0 Å². The van der Waals surface area contributed by atoms with Gasteiger partial charge in [-0.3, -0.25) is 19.2 Å². The van der Waals surface area contributed by atoms with Crippen LogP contribution >= 0.6 is 7.26 Å². The zero-order valence-corrected chi connectivity index (χ0v) is 42.0. The number of hydrogen-bond donors (Lipinski definition) is 0. The smallest absolute Gasteiger partial charge is 0.266 e. The molecule has 0 spiro atoms. The molecule has 0 fully saturated rings. The molecule has 360 valence electrons. The van der Waals surface area contributed by atoms with Gasteiger partial charge in [-0.1, -0.05) is 125 Å². The molecule has 2 aliphatic rings. The van der Waals surface area contributed by atoms with Gasteiger partial charge in [0.1, 0.15) is 51.5 Å². The molecule has 73 heavy (non-hydrogen) atoms. The molecule has 0 aliphatic carbocycles. The van der Waals surface area contributed by atoms with Crippen molar-refractivity contribution in [2.45, 2.75) is 40.0 Å². The van der Waals surface area contributed by atoms with Gasteiger partial charge >= 0.3 is 0 Å². The van der Waals surface area contributed by atoms with E-state index in [1.54, 1.807) is 42.5 Å². The fourth-order valence-electron chi connectivity index (χ4n) is 9.81. The lowest BCUT2D eigenvalue weighted by Crippen LogP contribution is -2.39. The summed E-state index contributed by atoms with van der Waals surface area (Å²) in [6.07, 6.45) is 0. The van der Waals surface area contributed by atoms with E-state index in [0.717, 1.165) is 37.9 Å². The summed E-state index contributed by atoms with van der Waals surface area (Å²) in [6, 6.07) is 72.3. The largest absolute Gasteiger partial charge is 1.00 e. The normalized spacial score (nSPS) is 13.1. The first-order valence-corrected chi connectivity index (χ1v) is 26.2. The summed E-state index contributed by atoms with van der Waals surface area (Å²) in [4.78, 5) is 57.6. The number of nitrogens with zero attached hydrogens (tertiary/aromatic N) is 2. The lowest BCUT2D eigenvalue weighted by molar-refractivity contribution is 0.0910. The molecule has 0 saturated heterocycles. The van der Waals surface area contributed by atoms with Gasteiger partial charge in [-0.2, -0.15) is 0 Å². The molecule has 9 aromatic carbocycles. The maximum atomic E-state index is 14.3. The van der Waals surface area contributed by atoms with E-state index in [-0.39, 0.29) is 24.7 Å². The van der Waals surface area contributed by atoms with Crippen LogP contribution in [0.4, 0.5) is 11.4 Å². The van der Waals surface area contributed by atoms with Gasteiger partial charge in [-0.05, 0) is 145 Å². The van der Waals surface area contributed by atoms with Crippen molar-refractivity contribution in [1.82, 2.24) is 0 Å². The van der Waals surface area contributed by atoms with Gasteiger partial charge in [0.05, 0.1) is 33.6 Å². The number of benzene rings is 9. The second-order valence-electron chi connectivity index (χ2n) is 18.2. The van der Waals surface area contributed by atoms with Gasteiger partial charge in [0, 0.05) is 11.5 Å². The van der Waals surface area contributed by atoms with Gasteiger partial charge < -0.3 is 10.9 Å². The van der Waals surface area contributed by atoms with Crippen LogP contribution in [0.2, 0.25) is 0 Å². The van der Waals surface area contributed by atoms with Crippen molar-refractivity contribution in [2.24, 2.45) is 0 Å². The van der Waals surface area contributed by atoms with Crippen LogP contribution in [0.3, 0.4) is 0 Å². The van der Waals surface area contributed by atoms with E-state index in [2.05, 4.69) is 92.7 Å². The van der Waals surface area contributed by atoms with Crippen LogP contribution in [0.5, 0.6) is 23.0 Å². The second-order valence-corrected chi connectivity index (χ2v) is 21.6. The van der Waals surface area contributed by atoms with Crippen molar-refractivity contribution >= 4 is 63.5 Å². The minimum Gasteiger partial charge on any atom is -1.00 e. The zero-order valence-electron chi connectivity index (χ0n) is 42.2. The summed E-state index contributed by atoms with van der Waals surface area (Å²) in [7, 11) is -2.49. The minimum absolute atomic E-state index is 0. The van der Waals surface area contributed by atoms with Gasteiger partial charge in [0.25, 0.3) is 23.6 Å². The molecule has 11 rings (SSSR count). The summed E-state index contributed by atoms with van der Waals surface area (Å²) in [6.45, 7) is 10.2. The SMILES string of the molecule is CC.Cc1cccc(N2C(=O)c3ccc(Oc4ccc(C(C)(C)c5ccc(Oc6ccc7c(c6)C(=O)N(c6cccc([P+](c8ccccc8)(c8ccccc8)c8ccccc8)c6)C7=O)cc5)cc4)cc3C2=O)c1.[3H-]. The topological polar surface area (TPSA) is 93.2 Å². The Kier molecular flexibility index (Phi) is 13.0. The number of carbonyl (C=O) groups excluding carboxylic acids is 4. The number of aryl methyl sites for hydroxylation is 1. The Labute approximate surface area is 427 Å². The van der Waals surface area contributed by atoms with Gasteiger partial charge in [0.2, 0.25) is 0 Å². The third-order valence-electron chi connectivity index (χ3n) is 13.5. The van der Waals surface area contributed by atoms with E-state index in [9.17, 15) is 19.2 Å². The number of amides is 4. The molecule has 9 aromatic rings. The lowest BCUT2D eigenvalue weighted by atomic mass is 9.78. The highest BCUT2D eigenvalue weighted by atomic mass is 31.2. The maximum Gasteiger partial charge on any atom is 0.266 e. The number of hydrogen-bond acceptors (Lipinski definition) is 6. The van der Waals surface area contributed by atoms with Crippen molar-refractivity contribution in [3.05, 3.63) is 263 Å². The monoisotopic (exact) mass is 978 g/mol. The van der Waals surface area contributed by atoms with E-state index in [4.69, 9.17) is 9.47 Å². The Bertz CT molecular complexity index is 3450. The molecular formula is C64H53N2O6P.